The molecule has 1 aliphatic rings. The number of benzene rings is 1. The lowest BCUT2D eigenvalue weighted by atomic mass is 9.98. The van der Waals surface area contributed by atoms with E-state index in [4.69, 9.17) is 16.3 Å². The zero-order chi connectivity index (χ0) is 18.6. The summed E-state index contributed by atoms with van der Waals surface area (Å²) in [7, 11) is -3.23. The molecule has 0 radical (unpaired) electrons. The van der Waals surface area contributed by atoms with Crippen LogP contribution in [-0.2, 0) is 19.6 Å². The first-order chi connectivity index (χ1) is 11.7. The van der Waals surface area contributed by atoms with E-state index in [9.17, 15) is 18.0 Å². The predicted molar refractivity (Wildman–Crippen MR) is 95.1 cm³/mol. The van der Waals surface area contributed by atoms with Crippen LogP contribution < -0.4 is 0 Å². The number of rotatable bonds is 6. The molecular weight excluding hydrogens is 366 g/mol. The number of ketones is 1. The Kier molecular flexibility index (Phi) is 6.59. The number of sulfonamides is 1. The molecule has 1 aliphatic heterocycles. The topological polar surface area (TPSA) is 80.8 Å². The number of Topliss-reactive ketones (excluding diaryl/α,β-unsaturated/α-hetero) is 1. The van der Waals surface area contributed by atoms with E-state index in [1.165, 1.54) is 11.2 Å². The van der Waals surface area contributed by atoms with Crippen molar-refractivity contribution in [3.63, 3.8) is 0 Å². The summed E-state index contributed by atoms with van der Waals surface area (Å²) in [5.74, 6) is -1.09. The van der Waals surface area contributed by atoms with Crippen molar-refractivity contribution in [2.24, 2.45) is 5.92 Å². The normalized spacial score (nSPS) is 17.9. The van der Waals surface area contributed by atoms with E-state index >= 15 is 0 Å². The fraction of sp³-hybridized carbons (Fsp3) is 0.529. The lowest BCUT2D eigenvalue weighted by Gasteiger charge is -2.30. The second-order valence-electron chi connectivity index (χ2n) is 6.02. The number of carbonyl (C=O) groups excluding carboxylic acids is 2. The molecule has 0 bridgehead atoms. The third-order valence-electron chi connectivity index (χ3n) is 4.34. The van der Waals surface area contributed by atoms with E-state index in [1.54, 1.807) is 31.2 Å². The zero-order valence-electron chi connectivity index (χ0n) is 14.3. The van der Waals surface area contributed by atoms with Crippen LogP contribution in [0, 0.1) is 5.92 Å². The molecule has 0 saturated carbocycles. The third-order valence-corrected chi connectivity index (χ3v) is 6.47. The van der Waals surface area contributed by atoms with Gasteiger partial charge >= 0.3 is 5.97 Å². The number of esters is 1. The average molecular weight is 388 g/mol. The van der Waals surface area contributed by atoms with E-state index < -0.39 is 22.1 Å². The van der Waals surface area contributed by atoms with E-state index in [2.05, 4.69) is 0 Å². The molecule has 1 heterocycles. The standard InChI is InChI=1S/C17H22ClNO5S/c1-3-25(22,23)19-10-8-14(9-11-19)17(21)24-12(2)16(20)13-4-6-15(18)7-5-13/h4-7,12,14H,3,8-11H2,1-2H3. The maximum Gasteiger partial charge on any atom is 0.309 e. The molecule has 0 aromatic heterocycles. The number of hydrogen-bond donors (Lipinski definition) is 0. The maximum absolute atomic E-state index is 12.3. The summed E-state index contributed by atoms with van der Waals surface area (Å²) in [6, 6.07) is 6.38. The quantitative estimate of drug-likeness (QED) is 0.553. The molecule has 0 aliphatic carbocycles. The van der Waals surface area contributed by atoms with E-state index in [-0.39, 0.29) is 17.5 Å². The zero-order valence-corrected chi connectivity index (χ0v) is 15.8. The van der Waals surface area contributed by atoms with Gasteiger partial charge < -0.3 is 4.74 Å². The summed E-state index contributed by atoms with van der Waals surface area (Å²) < 4.78 is 30.4. The first kappa shape index (κ1) is 19.9. The van der Waals surface area contributed by atoms with Crippen molar-refractivity contribution < 1.29 is 22.7 Å². The number of halogens is 1. The molecule has 1 unspecified atom stereocenters. The monoisotopic (exact) mass is 387 g/mol. The molecular formula is C17H22ClNO5S. The van der Waals surface area contributed by atoms with Crippen molar-refractivity contribution in [2.45, 2.75) is 32.8 Å². The second kappa shape index (κ2) is 8.29. The minimum absolute atomic E-state index is 0.0503. The Morgan fingerprint density at radius 2 is 1.80 bits per heavy atom. The average Bonchev–Trinajstić information content (AvgIpc) is 2.61. The van der Waals surface area contributed by atoms with Gasteiger partial charge in [-0.15, -0.1) is 0 Å². The molecule has 0 amide bonds. The van der Waals surface area contributed by atoms with Crippen LogP contribution in [0.4, 0.5) is 0 Å². The first-order valence-electron chi connectivity index (χ1n) is 8.22. The fourth-order valence-electron chi connectivity index (χ4n) is 2.73. The molecule has 1 fully saturated rings. The van der Waals surface area contributed by atoms with Crippen LogP contribution in [0.5, 0.6) is 0 Å². The molecule has 0 N–H and O–H groups in total. The van der Waals surface area contributed by atoms with Crippen LogP contribution >= 0.6 is 11.6 Å². The van der Waals surface area contributed by atoms with Crippen molar-refractivity contribution in [1.29, 1.82) is 0 Å². The highest BCUT2D eigenvalue weighted by Gasteiger charge is 2.32. The van der Waals surface area contributed by atoms with Crippen LogP contribution in [0.3, 0.4) is 0 Å². The molecule has 25 heavy (non-hydrogen) atoms. The van der Waals surface area contributed by atoms with Gasteiger partial charge in [0.2, 0.25) is 15.8 Å². The maximum atomic E-state index is 12.3. The summed E-state index contributed by atoms with van der Waals surface area (Å²) >= 11 is 5.79. The second-order valence-corrected chi connectivity index (χ2v) is 8.72. The van der Waals surface area contributed by atoms with Gasteiger partial charge in [0.25, 0.3) is 0 Å². The number of ether oxygens (including phenoxy) is 1. The van der Waals surface area contributed by atoms with E-state index in [0.717, 1.165) is 0 Å². The fourth-order valence-corrected chi connectivity index (χ4v) is 3.98. The number of piperidine rings is 1. The van der Waals surface area contributed by atoms with E-state index in [0.29, 0.717) is 36.5 Å². The van der Waals surface area contributed by atoms with Gasteiger partial charge in [-0.1, -0.05) is 11.6 Å². The van der Waals surface area contributed by atoms with Crippen LogP contribution in [-0.4, -0.2) is 49.4 Å². The SMILES string of the molecule is CCS(=O)(=O)N1CCC(C(=O)OC(C)C(=O)c2ccc(Cl)cc2)CC1. The molecule has 2 rings (SSSR count). The first-order valence-corrected chi connectivity index (χ1v) is 10.2. The lowest BCUT2D eigenvalue weighted by molar-refractivity contribution is -0.152. The van der Waals surface area contributed by atoms with E-state index in [1.807, 2.05) is 0 Å². The van der Waals surface area contributed by atoms with Gasteiger partial charge in [-0.05, 0) is 51.0 Å². The minimum atomic E-state index is -3.23. The largest absolute Gasteiger partial charge is 0.454 e. The molecule has 1 saturated heterocycles. The van der Waals surface area contributed by atoms with Gasteiger partial charge in [-0.3, -0.25) is 9.59 Å². The highest BCUT2D eigenvalue weighted by atomic mass is 35.5. The van der Waals surface area contributed by atoms with Crippen molar-refractivity contribution in [3.8, 4) is 0 Å². The van der Waals surface area contributed by atoms with Crippen molar-refractivity contribution in [3.05, 3.63) is 34.9 Å². The van der Waals surface area contributed by atoms with Crippen LogP contribution in [0.2, 0.25) is 5.02 Å². The molecule has 8 heteroatoms. The molecule has 1 atom stereocenters. The number of nitrogens with zero attached hydrogens (tertiary/aromatic N) is 1. The molecule has 6 nitrogen and oxygen atoms in total. The van der Waals surface area contributed by atoms with Crippen LogP contribution in [0.1, 0.15) is 37.0 Å². The van der Waals surface area contributed by atoms with Crippen molar-refractivity contribution in [2.75, 3.05) is 18.8 Å². The van der Waals surface area contributed by atoms with Gasteiger partial charge in [0.1, 0.15) is 0 Å². The summed E-state index contributed by atoms with van der Waals surface area (Å²) in [5, 5.41) is 0.523. The van der Waals surface area contributed by atoms with Gasteiger partial charge in [0.05, 0.1) is 11.7 Å². The highest BCUT2D eigenvalue weighted by molar-refractivity contribution is 7.89. The summed E-state index contributed by atoms with van der Waals surface area (Å²) in [6.07, 6.45) is -0.0918. The Morgan fingerprint density at radius 3 is 2.32 bits per heavy atom. The van der Waals surface area contributed by atoms with Gasteiger partial charge in [-0.2, -0.15) is 0 Å². The van der Waals surface area contributed by atoms with Crippen LogP contribution in [0.15, 0.2) is 24.3 Å². The Balaban J connectivity index is 1.90. The van der Waals surface area contributed by atoms with Crippen molar-refractivity contribution in [1.82, 2.24) is 4.31 Å². The molecule has 138 valence electrons. The molecule has 1 aromatic rings. The van der Waals surface area contributed by atoms with Gasteiger partial charge in [0.15, 0.2) is 6.10 Å². The van der Waals surface area contributed by atoms with Gasteiger partial charge in [0, 0.05) is 23.7 Å². The summed E-state index contributed by atoms with van der Waals surface area (Å²) in [4.78, 5) is 24.5. The Hall–Kier alpha value is -1.44. The smallest absolute Gasteiger partial charge is 0.309 e. The Labute approximate surface area is 153 Å². The molecule has 1 aromatic carbocycles. The number of hydrogen-bond acceptors (Lipinski definition) is 5. The van der Waals surface area contributed by atoms with Crippen molar-refractivity contribution >= 4 is 33.4 Å². The number of carbonyl (C=O) groups is 2. The Morgan fingerprint density at radius 1 is 1.24 bits per heavy atom. The molecule has 0 spiro atoms. The lowest BCUT2D eigenvalue weighted by Crippen LogP contribution is -2.42. The minimum Gasteiger partial charge on any atom is -0.454 e. The predicted octanol–water partition coefficient (Wildman–Crippen LogP) is 2.52. The van der Waals surface area contributed by atoms with Gasteiger partial charge in [-0.25, -0.2) is 12.7 Å². The van der Waals surface area contributed by atoms with Crippen LogP contribution in [0.25, 0.3) is 0 Å². The summed E-state index contributed by atoms with van der Waals surface area (Å²) in [5.41, 5.74) is 0.425. The third kappa shape index (κ3) is 5.03. The summed E-state index contributed by atoms with van der Waals surface area (Å²) in [6.45, 7) is 3.73. The Bertz CT molecular complexity index is 724. The highest BCUT2D eigenvalue weighted by Crippen LogP contribution is 2.22.